The van der Waals surface area contributed by atoms with Gasteiger partial charge in [-0.3, -0.25) is 4.79 Å². The number of hydrogen-bond acceptors (Lipinski definition) is 1. The molecule has 108 valence electrons. The van der Waals surface area contributed by atoms with Crippen molar-refractivity contribution in [3.63, 3.8) is 0 Å². The third kappa shape index (κ3) is 3.32. The van der Waals surface area contributed by atoms with Crippen molar-refractivity contribution in [1.82, 2.24) is 5.32 Å². The number of rotatable bonds is 2. The highest BCUT2D eigenvalue weighted by molar-refractivity contribution is 9.10. The van der Waals surface area contributed by atoms with Crippen molar-refractivity contribution < 1.29 is 9.18 Å². The maximum atomic E-state index is 12.9. The van der Waals surface area contributed by atoms with Crippen LogP contribution in [-0.2, 0) is 12.8 Å². The molecule has 0 aromatic heterocycles. The Balaban J connectivity index is 1.68. The Morgan fingerprint density at radius 2 is 1.90 bits per heavy atom. The highest BCUT2D eigenvalue weighted by Crippen LogP contribution is 2.25. The minimum absolute atomic E-state index is 0.135. The first-order valence-corrected chi connectivity index (χ1v) is 7.75. The van der Waals surface area contributed by atoms with Gasteiger partial charge in [0.2, 0.25) is 0 Å². The van der Waals surface area contributed by atoms with E-state index in [1.54, 1.807) is 0 Å². The highest BCUT2D eigenvalue weighted by Gasteiger charge is 2.20. The normalized spacial score (nSPS) is 17.1. The fraction of sp³-hybridized carbons (Fsp3) is 0.235. The van der Waals surface area contributed by atoms with Crippen LogP contribution < -0.4 is 5.32 Å². The quantitative estimate of drug-likeness (QED) is 0.877. The molecule has 0 fully saturated rings. The number of hydrogen-bond donors (Lipinski definition) is 1. The molecule has 3 rings (SSSR count). The van der Waals surface area contributed by atoms with Crippen LogP contribution in [0, 0.1) is 5.82 Å². The van der Waals surface area contributed by atoms with Crippen LogP contribution in [0.25, 0.3) is 0 Å². The molecule has 0 bridgehead atoms. The van der Waals surface area contributed by atoms with Gasteiger partial charge in [-0.25, -0.2) is 4.39 Å². The van der Waals surface area contributed by atoms with Crippen molar-refractivity contribution in [2.75, 3.05) is 0 Å². The zero-order chi connectivity index (χ0) is 14.8. The Morgan fingerprint density at radius 1 is 1.14 bits per heavy atom. The molecule has 4 heteroatoms. The number of fused-ring (bicyclic) bond motifs is 1. The van der Waals surface area contributed by atoms with Gasteiger partial charge in [0.15, 0.2) is 0 Å². The van der Waals surface area contributed by atoms with E-state index in [4.69, 9.17) is 0 Å². The van der Waals surface area contributed by atoms with E-state index in [0.717, 1.165) is 23.7 Å². The maximum Gasteiger partial charge on any atom is 0.251 e. The fourth-order valence-corrected chi connectivity index (χ4v) is 3.13. The second-order valence-electron chi connectivity index (χ2n) is 5.33. The smallest absolute Gasteiger partial charge is 0.251 e. The van der Waals surface area contributed by atoms with Gasteiger partial charge in [0, 0.05) is 16.1 Å². The lowest BCUT2D eigenvalue weighted by Gasteiger charge is -2.25. The molecule has 1 amide bonds. The van der Waals surface area contributed by atoms with Crippen molar-refractivity contribution in [3.05, 3.63) is 69.4 Å². The predicted molar refractivity (Wildman–Crippen MR) is 83.8 cm³/mol. The Kier molecular flexibility index (Phi) is 4.06. The molecule has 1 aliphatic rings. The van der Waals surface area contributed by atoms with E-state index in [-0.39, 0.29) is 17.8 Å². The van der Waals surface area contributed by atoms with Crippen molar-refractivity contribution in [1.29, 1.82) is 0 Å². The molecule has 0 unspecified atom stereocenters. The topological polar surface area (TPSA) is 29.1 Å². The van der Waals surface area contributed by atoms with Gasteiger partial charge < -0.3 is 5.32 Å². The molecule has 0 saturated heterocycles. The Labute approximate surface area is 131 Å². The summed E-state index contributed by atoms with van der Waals surface area (Å²) in [5.74, 6) is -0.468. The molecule has 21 heavy (non-hydrogen) atoms. The summed E-state index contributed by atoms with van der Waals surface area (Å²) in [7, 11) is 0. The molecule has 1 atom stereocenters. The molecule has 0 spiro atoms. The highest BCUT2D eigenvalue weighted by atomic mass is 79.9. The van der Waals surface area contributed by atoms with Crippen LogP contribution in [0.1, 0.15) is 27.9 Å². The van der Waals surface area contributed by atoms with Crippen LogP contribution in [0.5, 0.6) is 0 Å². The van der Waals surface area contributed by atoms with E-state index in [0.29, 0.717) is 5.56 Å². The number of carbonyl (C=O) groups is 1. The average Bonchev–Trinajstić information content (AvgIpc) is 2.48. The molecule has 1 N–H and O–H groups in total. The van der Waals surface area contributed by atoms with E-state index < -0.39 is 0 Å². The lowest BCUT2D eigenvalue weighted by Crippen LogP contribution is -2.38. The number of benzene rings is 2. The molecule has 0 aliphatic heterocycles. The molecule has 0 radical (unpaired) electrons. The van der Waals surface area contributed by atoms with Crippen LogP contribution in [0.4, 0.5) is 4.39 Å². The minimum atomic E-state index is -0.330. The molecule has 2 nitrogen and oxygen atoms in total. The zero-order valence-corrected chi connectivity index (χ0v) is 13.0. The molecular weight excluding hydrogens is 333 g/mol. The molecule has 1 aliphatic carbocycles. The van der Waals surface area contributed by atoms with Gasteiger partial charge in [-0.15, -0.1) is 0 Å². The standard InChI is InChI=1S/C17H15BrFNO/c18-14-5-1-13-10-16(8-4-12(13)9-14)20-17(21)11-2-6-15(19)7-3-11/h1-3,5-7,9,16H,4,8,10H2,(H,20,21)/t16-/m0/s1. The summed E-state index contributed by atoms with van der Waals surface area (Å²) in [4.78, 5) is 12.1. The van der Waals surface area contributed by atoms with E-state index >= 15 is 0 Å². The number of halogens is 2. The van der Waals surface area contributed by atoms with Gasteiger partial charge >= 0.3 is 0 Å². The summed E-state index contributed by atoms with van der Waals surface area (Å²) < 4.78 is 14.0. The lowest BCUT2D eigenvalue weighted by atomic mass is 9.88. The Hall–Kier alpha value is -1.68. The van der Waals surface area contributed by atoms with Crippen molar-refractivity contribution in [3.8, 4) is 0 Å². The summed E-state index contributed by atoms with van der Waals surface area (Å²) in [6.07, 6.45) is 2.73. The number of nitrogens with one attached hydrogen (secondary N) is 1. The summed E-state index contributed by atoms with van der Waals surface area (Å²) in [5, 5.41) is 3.04. The van der Waals surface area contributed by atoms with Gasteiger partial charge in [-0.1, -0.05) is 22.0 Å². The third-order valence-electron chi connectivity index (χ3n) is 3.84. The fourth-order valence-electron chi connectivity index (χ4n) is 2.72. The van der Waals surface area contributed by atoms with Gasteiger partial charge in [0.25, 0.3) is 5.91 Å². The van der Waals surface area contributed by atoms with Gasteiger partial charge in [-0.05, 0) is 66.8 Å². The first-order chi connectivity index (χ1) is 10.1. The number of amides is 1. The summed E-state index contributed by atoms with van der Waals surface area (Å²) in [6, 6.07) is 12.1. The van der Waals surface area contributed by atoms with E-state index in [1.807, 2.05) is 6.07 Å². The Bertz CT molecular complexity index is 669. The largest absolute Gasteiger partial charge is 0.349 e. The zero-order valence-electron chi connectivity index (χ0n) is 11.4. The van der Waals surface area contributed by atoms with E-state index in [9.17, 15) is 9.18 Å². The molecule has 2 aromatic carbocycles. The SMILES string of the molecule is O=C(N[C@H]1CCc2cc(Br)ccc2C1)c1ccc(F)cc1. The molecular formula is C17H15BrFNO. The van der Waals surface area contributed by atoms with Gasteiger partial charge in [0.05, 0.1) is 0 Å². The van der Waals surface area contributed by atoms with Crippen LogP contribution in [0.15, 0.2) is 46.9 Å². The minimum Gasteiger partial charge on any atom is -0.349 e. The van der Waals surface area contributed by atoms with Gasteiger partial charge in [-0.2, -0.15) is 0 Å². The van der Waals surface area contributed by atoms with Crippen molar-refractivity contribution in [2.45, 2.75) is 25.3 Å². The van der Waals surface area contributed by atoms with Crippen LogP contribution in [0.2, 0.25) is 0 Å². The molecule has 2 aromatic rings. The second kappa shape index (κ2) is 5.98. The number of aryl methyl sites for hydroxylation is 1. The van der Waals surface area contributed by atoms with Crippen molar-refractivity contribution >= 4 is 21.8 Å². The average molecular weight is 348 g/mol. The molecule has 0 saturated carbocycles. The van der Waals surface area contributed by atoms with Crippen LogP contribution in [-0.4, -0.2) is 11.9 Å². The van der Waals surface area contributed by atoms with Crippen LogP contribution >= 0.6 is 15.9 Å². The van der Waals surface area contributed by atoms with Crippen molar-refractivity contribution in [2.24, 2.45) is 0 Å². The summed E-state index contributed by atoms with van der Waals surface area (Å²) >= 11 is 3.48. The monoisotopic (exact) mass is 347 g/mol. The Morgan fingerprint density at radius 3 is 2.67 bits per heavy atom. The van der Waals surface area contributed by atoms with E-state index in [1.165, 1.54) is 35.4 Å². The third-order valence-corrected chi connectivity index (χ3v) is 4.33. The predicted octanol–water partition coefficient (Wildman–Crippen LogP) is 3.88. The first-order valence-electron chi connectivity index (χ1n) is 6.95. The van der Waals surface area contributed by atoms with E-state index in [2.05, 4.69) is 33.4 Å². The van der Waals surface area contributed by atoms with Gasteiger partial charge in [0.1, 0.15) is 5.82 Å². The summed E-state index contributed by atoms with van der Waals surface area (Å²) in [6.45, 7) is 0. The first kappa shape index (κ1) is 14.3. The second-order valence-corrected chi connectivity index (χ2v) is 6.25. The summed E-state index contributed by atoms with van der Waals surface area (Å²) in [5.41, 5.74) is 3.13. The lowest BCUT2D eigenvalue weighted by molar-refractivity contribution is 0.0933. The molecule has 0 heterocycles. The van der Waals surface area contributed by atoms with Crippen LogP contribution in [0.3, 0.4) is 0 Å². The number of carbonyl (C=O) groups excluding carboxylic acids is 1. The maximum absolute atomic E-state index is 12.9.